The van der Waals surface area contributed by atoms with E-state index in [4.69, 9.17) is 0 Å². The molecule has 84 valence electrons. The lowest BCUT2D eigenvalue weighted by Gasteiger charge is -2.09. The monoisotopic (exact) mass is 230 g/mol. The maximum atomic E-state index is 10.4. The zero-order chi connectivity index (χ0) is 11.6. The highest BCUT2D eigenvalue weighted by Crippen LogP contribution is 2.17. The molecule has 0 aliphatic rings. The van der Waals surface area contributed by atoms with Crippen molar-refractivity contribution in [2.75, 3.05) is 6.26 Å². The summed E-state index contributed by atoms with van der Waals surface area (Å²) in [6, 6.07) is 0. The molecule has 0 aliphatic heterocycles. The molecule has 1 heterocycles. The first-order chi connectivity index (χ1) is 6.97. The van der Waals surface area contributed by atoms with E-state index in [9.17, 15) is 15.0 Å². The van der Waals surface area contributed by atoms with E-state index in [1.807, 2.05) is 31.2 Å². The van der Waals surface area contributed by atoms with Crippen LogP contribution in [-0.2, 0) is 25.3 Å². The number of aliphatic hydroxyl groups excluding tert-OH is 1. The zero-order valence-corrected chi connectivity index (χ0v) is 9.74. The molecule has 0 saturated heterocycles. The molecule has 1 N–H and O–H groups in total. The van der Waals surface area contributed by atoms with Crippen molar-refractivity contribution in [3.8, 4) is 0 Å². The first-order valence-corrected chi connectivity index (χ1v) is 5.66. The standard InChI is InChI=1S/C9H14N2O3S/c1-10-5-11(2)8(15-3)6(10)4-7(12)9(13)14/h5,7,12H,4H2,1-3H3/t7-/m0/s1. The first-order valence-electron chi connectivity index (χ1n) is 4.44. The van der Waals surface area contributed by atoms with Gasteiger partial charge in [-0.2, -0.15) is 0 Å². The van der Waals surface area contributed by atoms with E-state index in [2.05, 4.69) is 0 Å². The van der Waals surface area contributed by atoms with Gasteiger partial charge in [-0.25, -0.2) is 9.13 Å². The van der Waals surface area contributed by atoms with E-state index < -0.39 is 12.1 Å². The van der Waals surface area contributed by atoms with Crippen molar-refractivity contribution in [3.05, 3.63) is 12.0 Å². The Balaban J connectivity index is 2.98. The van der Waals surface area contributed by atoms with Crippen molar-refractivity contribution in [1.82, 2.24) is 4.57 Å². The van der Waals surface area contributed by atoms with Gasteiger partial charge in [0, 0.05) is 6.42 Å². The third-order valence-electron chi connectivity index (χ3n) is 2.19. The summed E-state index contributed by atoms with van der Waals surface area (Å²) < 4.78 is 3.69. The maximum Gasteiger partial charge on any atom is 0.244 e. The Kier molecular flexibility index (Phi) is 3.76. The number of hydrogen-bond donors (Lipinski definition) is 1. The number of carbonyl (C=O) groups excluding carboxylic acids is 1. The van der Waals surface area contributed by atoms with Crippen LogP contribution in [0.15, 0.2) is 11.4 Å². The number of rotatable bonds is 4. The molecule has 0 aliphatic carbocycles. The van der Waals surface area contributed by atoms with Crippen LogP contribution in [0, 0.1) is 0 Å². The molecule has 1 atom stereocenters. The number of aryl methyl sites for hydroxylation is 2. The Morgan fingerprint density at radius 2 is 2.40 bits per heavy atom. The van der Waals surface area contributed by atoms with E-state index in [0.29, 0.717) is 0 Å². The lowest BCUT2D eigenvalue weighted by atomic mass is 10.2. The highest BCUT2D eigenvalue weighted by molar-refractivity contribution is 7.98. The van der Waals surface area contributed by atoms with Crippen LogP contribution in [-0.4, -0.2) is 28.0 Å². The summed E-state index contributed by atoms with van der Waals surface area (Å²) in [6.45, 7) is 0. The lowest BCUT2D eigenvalue weighted by Crippen LogP contribution is -2.37. The number of aliphatic carboxylic acids is 1. The largest absolute Gasteiger partial charge is 0.547 e. The van der Waals surface area contributed by atoms with E-state index in [1.54, 1.807) is 4.57 Å². The van der Waals surface area contributed by atoms with Crippen LogP contribution >= 0.6 is 11.8 Å². The Labute approximate surface area is 92.3 Å². The van der Waals surface area contributed by atoms with E-state index in [-0.39, 0.29) is 6.42 Å². The van der Waals surface area contributed by atoms with Crippen molar-refractivity contribution < 1.29 is 19.6 Å². The number of imidazole rings is 1. The molecule has 5 nitrogen and oxygen atoms in total. The molecular formula is C9H14N2O3S. The van der Waals surface area contributed by atoms with Gasteiger partial charge in [0.2, 0.25) is 11.4 Å². The molecule has 0 saturated carbocycles. The van der Waals surface area contributed by atoms with Gasteiger partial charge in [-0.1, -0.05) is 11.8 Å². The van der Waals surface area contributed by atoms with Crippen molar-refractivity contribution in [3.63, 3.8) is 0 Å². The predicted molar refractivity (Wildman–Crippen MR) is 53.1 cm³/mol. The average molecular weight is 230 g/mol. The summed E-state index contributed by atoms with van der Waals surface area (Å²) in [5.41, 5.74) is 0.793. The van der Waals surface area contributed by atoms with Crippen LogP contribution < -0.4 is 9.67 Å². The number of hydrogen-bond acceptors (Lipinski definition) is 4. The average Bonchev–Trinajstić information content (AvgIpc) is 2.41. The molecule has 0 unspecified atom stereocenters. The minimum Gasteiger partial charge on any atom is -0.547 e. The Hall–Kier alpha value is -1.01. The first kappa shape index (κ1) is 12.1. The quantitative estimate of drug-likeness (QED) is 0.491. The van der Waals surface area contributed by atoms with Gasteiger partial charge >= 0.3 is 0 Å². The zero-order valence-electron chi connectivity index (χ0n) is 8.93. The number of aliphatic hydroxyl groups is 1. The number of thioether (sulfide) groups is 1. The summed E-state index contributed by atoms with van der Waals surface area (Å²) >= 11 is 1.51. The Morgan fingerprint density at radius 3 is 2.87 bits per heavy atom. The van der Waals surface area contributed by atoms with Crippen molar-refractivity contribution in [2.45, 2.75) is 17.6 Å². The smallest absolute Gasteiger partial charge is 0.244 e. The molecule has 0 aromatic carbocycles. The highest BCUT2D eigenvalue weighted by atomic mass is 32.2. The summed E-state index contributed by atoms with van der Waals surface area (Å²) in [5, 5.41) is 20.6. The van der Waals surface area contributed by atoms with Gasteiger partial charge in [-0.3, -0.25) is 0 Å². The maximum absolute atomic E-state index is 10.4. The second kappa shape index (κ2) is 4.67. The third kappa shape index (κ3) is 2.51. The summed E-state index contributed by atoms with van der Waals surface area (Å²) in [4.78, 5) is 10.4. The van der Waals surface area contributed by atoms with Crippen LogP contribution in [0.1, 0.15) is 5.69 Å². The van der Waals surface area contributed by atoms with Crippen LogP contribution in [0.5, 0.6) is 0 Å². The highest BCUT2D eigenvalue weighted by Gasteiger charge is 2.21. The molecule has 1 aromatic heterocycles. The molecule has 0 radical (unpaired) electrons. The van der Waals surface area contributed by atoms with Crippen LogP contribution in [0.25, 0.3) is 0 Å². The lowest BCUT2D eigenvalue weighted by molar-refractivity contribution is -0.707. The fourth-order valence-electron chi connectivity index (χ4n) is 1.50. The van der Waals surface area contributed by atoms with Crippen LogP contribution in [0.4, 0.5) is 0 Å². The third-order valence-corrected chi connectivity index (χ3v) is 3.10. The van der Waals surface area contributed by atoms with E-state index in [1.165, 1.54) is 11.8 Å². The summed E-state index contributed by atoms with van der Waals surface area (Å²) in [6.07, 6.45) is 2.35. The number of aromatic nitrogens is 2. The SMILES string of the molecule is CSc1c(C[C@H](O)C(=O)[O-])n(C)c[n+]1C. The molecule has 0 amide bonds. The van der Waals surface area contributed by atoms with Gasteiger partial charge in [-0.15, -0.1) is 0 Å². The number of nitrogens with zero attached hydrogens (tertiary/aromatic N) is 2. The number of carboxylic acids is 1. The van der Waals surface area contributed by atoms with Gasteiger partial charge in [0.05, 0.1) is 20.1 Å². The fraction of sp³-hybridized carbons (Fsp3) is 0.556. The Bertz CT molecular complexity index is 376. The molecule has 0 spiro atoms. The molecular weight excluding hydrogens is 216 g/mol. The molecule has 0 bridgehead atoms. The van der Waals surface area contributed by atoms with Gasteiger partial charge in [0.25, 0.3) is 0 Å². The summed E-state index contributed by atoms with van der Waals surface area (Å²) in [5.74, 6) is -1.44. The van der Waals surface area contributed by atoms with Gasteiger partial charge in [0.15, 0.2) is 5.69 Å². The Morgan fingerprint density at radius 1 is 1.80 bits per heavy atom. The fourth-order valence-corrected chi connectivity index (χ4v) is 2.29. The van der Waals surface area contributed by atoms with E-state index >= 15 is 0 Å². The molecule has 0 fully saturated rings. The van der Waals surface area contributed by atoms with Crippen molar-refractivity contribution in [2.24, 2.45) is 14.1 Å². The minimum atomic E-state index is -1.45. The molecule has 6 heteroatoms. The van der Waals surface area contributed by atoms with Crippen molar-refractivity contribution >= 4 is 17.7 Å². The molecule has 15 heavy (non-hydrogen) atoms. The van der Waals surface area contributed by atoms with Crippen molar-refractivity contribution in [1.29, 1.82) is 0 Å². The van der Waals surface area contributed by atoms with Crippen LogP contribution in [0.2, 0.25) is 0 Å². The topological polar surface area (TPSA) is 69.2 Å². The molecule has 1 rings (SSSR count). The van der Waals surface area contributed by atoms with Gasteiger partial charge in [0.1, 0.15) is 6.10 Å². The number of carboxylic acid groups (broad SMARTS) is 1. The van der Waals surface area contributed by atoms with Gasteiger partial charge < -0.3 is 15.0 Å². The summed E-state index contributed by atoms with van der Waals surface area (Å²) in [7, 11) is 3.69. The second-order valence-electron chi connectivity index (χ2n) is 3.33. The van der Waals surface area contributed by atoms with Gasteiger partial charge in [-0.05, 0) is 6.26 Å². The second-order valence-corrected chi connectivity index (χ2v) is 4.13. The van der Waals surface area contributed by atoms with Crippen LogP contribution in [0.3, 0.4) is 0 Å². The normalized spacial score (nSPS) is 12.8. The number of carbonyl (C=O) groups is 1. The molecule has 1 aromatic rings. The minimum absolute atomic E-state index is 0.0653. The predicted octanol–water partition coefficient (Wildman–Crippen LogP) is -1.78. The van der Waals surface area contributed by atoms with E-state index in [0.717, 1.165) is 10.7 Å².